The molecule has 4 atom stereocenters. The molecule has 1 aliphatic carbocycles. The van der Waals surface area contributed by atoms with Crippen LogP contribution >= 0.6 is 0 Å². The fourth-order valence-electron chi connectivity index (χ4n) is 2.22. The summed E-state index contributed by atoms with van der Waals surface area (Å²) >= 11 is 0. The molecule has 0 amide bonds. The van der Waals surface area contributed by atoms with E-state index in [1.54, 1.807) is 0 Å². The third-order valence-electron chi connectivity index (χ3n) is 3.26. The van der Waals surface area contributed by atoms with Crippen molar-refractivity contribution in [1.29, 1.82) is 0 Å². The predicted octanol–water partition coefficient (Wildman–Crippen LogP) is 0.652. The molecule has 0 radical (unpaired) electrons. The maximum atomic E-state index is 10.8. The van der Waals surface area contributed by atoms with E-state index in [2.05, 4.69) is 0 Å². The van der Waals surface area contributed by atoms with Crippen molar-refractivity contribution in [1.82, 2.24) is 0 Å². The number of rotatable bonds is 3. The van der Waals surface area contributed by atoms with Crippen LogP contribution < -0.4 is 5.73 Å². The number of hydrogen-bond acceptors (Lipinski definition) is 4. The maximum Gasteiger partial charge on any atom is 0.239 e. The van der Waals surface area contributed by atoms with Gasteiger partial charge in [-0.25, -0.2) is 0 Å². The minimum atomic E-state index is -0.558. The summed E-state index contributed by atoms with van der Waals surface area (Å²) in [5, 5.41) is 10.8. The van der Waals surface area contributed by atoms with Gasteiger partial charge in [0, 0.05) is 18.5 Å². The van der Waals surface area contributed by atoms with Gasteiger partial charge in [-0.15, -0.1) is 0 Å². The molecule has 1 rings (SSSR count). The maximum absolute atomic E-state index is 10.8. The molecule has 0 aliphatic heterocycles. The first kappa shape index (κ1) is 11.4. The highest BCUT2D eigenvalue weighted by Crippen LogP contribution is 2.32. The normalized spacial score (nSPS) is 38.2. The lowest BCUT2D eigenvalue weighted by atomic mass is 9.76. The van der Waals surface area contributed by atoms with Crippen LogP contribution in [0.25, 0.3) is 0 Å². The van der Waals surface area contributed by atoms with E-state index in [0.29, 0.717) is 31.2 Å². The highest BCUT2D eigenvalue weighted by atomic mass is 16.6. The van der Waals surface area contributed by atoms with Crippen molar-refractivity contribution in [2.75, 3.05) is 13.7 Å². The van der Waals surface area contributed by atoms with Gasteiger partial charge in [-0.05, 0) is 24.8 Å². The number of nitrogens with two attached hydrogens (primary N) is 1. The van der Waals surface area contributed by atoms with Crippen molar-refractivity contribution in [2.24, 2.45) is 17.6 Å². The van der Waals surface area contributed by atoms with Crippen LogP contribution in [0, 0.1) is 22.0 Å². The molecule has 0 aromatic carbocycles. The molecule has 0 saturated heterocycles. The van der Waals surface area contributed by atoms with Crippen molar-refractivity contribution in [3.63, 3.8) is 0 Å². The molecule has 5 nitrogen and oxygen atoms in total. The second-order valence-corrected chi connectivity index (χ2v) is 4.07. The minimum Gasteiger partial charge on any atom is -0.374 e. The molecule has 5 heteroatoms. The van der Waals surface area contributed by atoms with Gasteiger partial charge in [-0.3, -0.25) is 10.1 Å². The topological polar surface area (TPSA) is 78.4 Å². The van der Waals surface area contributed by atoms with Gasteiger partial charge in [0.15, 0.2) is 0 Å². The molecular formula is C9H18N2O3. The van der Waals surface area contributed by atoms with E-state index in [1.807, 2.05) is 6.92 Å². The molecule has 2 N–H and O–H groups in total. The molecule has 0 aromatic heterocycles. The third kappa shape index (κ3) is 2.22. The summed E-state index contributed by atoms with van der Waals surface area (Å²) < 4.78 is 5.15. The van der Waals surface area contributed by atoms with E-state index in [0.717, 1.165) is 0 Å². The van der Waals surface area contributed by atoms with E-state index in [9.17, 15) is 10.1 Å². The highest BCUT2D eigenvalue weighted by Gasteiger charge is 2.41. The first-order valence-corrected chi connectivity index (χ1v) is 4.96. The second-order valence-electron chi connectivity index (χ2n) is 4.07. The Hall–Kier alpha value is -0.680. The molecule has 1 aliphatic rings. The summed E-state index contributed by atoms with van der Waals surface area (Å²) in [6, 6.07) is -0.558. The summed E-state index contributed by atoms with van der Waals surface area (Å²) in [4.78, 5) is 10.5. The zero-order valence-electron chi connectivity index (χ0n) is 8.68. The lowest BCUT2D eigenvalue weighted by Crippen LogP contribution is -2.45. The fraction of sp³-hybridized carbons (Fsp3) is 1.00. The molecule has 0 bridgehead atoms. The first-order chi connectivity index (χ1) is 6.60. The monoisotopic (exact) mass is 202 g/mol. The minimum absolute atomic E-state index is 0.225. The van der Waals surface area contributed by atoms with Crippen LogP contribution in [0.4, 0.5) is 0 Å². The number of nitrogens with zero attached hydrogens (tertiary/aromatic N) is 1. The Balaban J connectivity index is 2.67. The van der Waals surface area contributed by atoms with Gasteiger partial charge < -0.3 is 10.5 Å². The molecule has 1 fully saturated rings. The summed E-state index contributed by atoms with van der Waals surface area (Å²) in [6.45, 7) is 2.62. The van der Waals surface area contributed by atoms with Gasteiger partial charge in [-0.2, -0.15) is 0 Å². The van der Waals surface area contributed by atoms with Gasteiger partial charge in [0.2, 0.25) is 6.04 Å². The van der Waals surface area contributed by atoms with Crippen LogP contribution in [-0.2, 0) is 4.74 Å². The second kappa shape index (κ2) is 4.70. The van der Waals surface area contributed by atoms with Crippen molar-refractivity contribution in [2.45, 2.75) is 31.9 Å². The van der Waals surface area contributed by atoms with Crippen LogP contribution in [0.5, 0.6) is 0 Å². The first-order valence-electron chi connectivity index (χ1n) is 4.96. The molecule has 14 heavy (non-hydrogen) atoms. The standard InChI is InChI=1S/C9H18N2O3/c1-6-3-8(11(12)13)9(14-2)4-7(6)5-10/h6-9H,3-5,10H2,1-2H3. The number of hydrogen-bond donors (Lipinski definition) is 1. The number of ether oxygens (including phenoxy) is 1. The van der Waals surface area contributed by atoms with Gasteiger partial charge in [-0.1, -0.05) is 6.92 Å². The van der Waals surface area contributed by atoms with Crippen molar-refractivity contribution >= 4 is 0 Å². The van der Waals surface area contributed by atoms with Crippen LogP contribution in [0.3, 0.4) is 0 Å². The Morgan fingerprint density at radius 3 is 2.64 bits per heavy atom. The summed E-state index contributed by atoms with van der Waals surface area (Å²) in [7, 11) is 1.53. The number of methoxy groups -OCH3 is 1. The van der Waals surface area contributed by atoms with Crippen molar-refractivity contribution in [3.8, 4) is 0 Å². The zero-order chi connectivity index (χ0) is 10.7. The van der Waals surface area contributed by atoms with E-state index < -0.39 is 6.04 Å². The SMILES string of the molecule is COC1CC(CN)C(C)CC1[N+](=O)[O-]. The third-order valence-corrected chi connectivity index (χ3v) is 3.26. The quantitative estimate of drug-likeness (QED) is 0.538. The fourth-order valence-corrected chi connectivity index (χ4v) is 2.22. The Kier molecular flexibility index (Phi) is 3.83. The Labute approximate surface area is 83.8 Å². The van der Waals surface area contributed by atoms with Crippen molar-refractivity contribution < 1.29 is 9.66 Å². The molecule has 82 valence electrons. The lowest BCUT2D eigenvalue weighted by Gasteiger charge is -2.34. The summed E-state index contributed by atoms with van der Waals surface area (Å²) in [5.74, 6) is 0.679. The average Bonchev–Trinajstić information content (AvgIpc) is 2.17. The molecule has 0 heterocycles. The summed E-state index contributed by atoms with van der Waals surface area (Å²) in [5.41, 5.74) is 5.61. The average molecular weight is 202 g/mol. The Bertz CT molecular complexity index is 210. The Morgan fingerprint density at radius 2 is 2.21 bits per heavy atom. The molecular weight excluding hydrogens is 184 g/mol. The van der Waals surface area contributed by atoms with Crippen LogP contribution in [-0.4, -0.2) is 30.7 Å². The van der Waals surface area contributed by atoms with Gasteiger partial charge >= 0.3 is 0 Å². The van der Waals surface area contributed by atoms with Crippen LogP contribution in [0.15, 0.2) is 0 Å². The molecule has 4 unspecified atom stereocenters. The molecule has 0 aromatic rings. The molecule has 1 saturated carbocycles. The van der Waals surface area contributed by atoms with E-state index >= 15 is 0 Å². The van der Waals surface area contributed by atoms with Gasteiger partial charge in [0.05, 0.1) is 0 Å². The summed E-state index contributed by atoms with van der Waals surface area (Å²) in [6.07, 6.45) is 1.02. The van der Waals surface area contributed by atoms with Crippen molar-refractivity contribution in [3.05, 3.63) is 10.1 Å². The Morgan fingerprint density at radius 1 is 1.57 bits per heavy atom. The van der Waals surface area contributed by atoms with E-state index in [1.165, 1.54) is 7.11 Å². The predicted molar refractivity (Wildman–Crippen MR) is 52.5 cm³/mol. The number of nitro groups is 1. The van der Waals surface area contributed by atoms with Crippen LogP contribution in [0.1, 0.15) is 19.8 Å². The molecule has 0 spiro atoms. The highest BCUT2D eigenvalue weighted by molar-refractivity contribution is 4.85. The van der Waals surface area contributed by atoms with E-state index in [-0.39, 0.29) is 11.0 Å². The van der Waals surface area contributed by atoms with E-state index in [4.69, 9.17) is 10.5 Å². The van der Waals surface area contributed by atoms with Gasteiger partial charge in [0.1, 0.15) is 6.10 Å². The largest absolute Gasteiger partial charge is 0.374 e. The van der Waals surface area contributed by atoms with Crippen LogP contribution in [0.2, 0.25) is 0 Å². The zero-order valence-corrected chi connectivity index (χ0v) is 8.68. The lowest BCUT2D eigenvalue weighted by molar-refractivity contribution is -0.541. The van der Waals surface area contributed by atoms with Gasteiger partial charge in [0.25, 0.3) is 0 Å². The smallest absolute Gasteiger partial charge is 0.239 e.